The number of fused-ring (bicyclic) bond motifs is 1. The fourth-order valence-corrected chi connectivity index (χ4v) is 2.82. The van der Waals surface area contributed by atoms with Crippen molar-refractivity contribution in [3.63, 3.8) is 0 Å². The van der Waals surface area contributed by atoms with Crippen molar-refractivity contribution in [1.29, 1.82) is 0 Å². The smallest absolute Gasteiger partial charge is 0.194 e. The van der Waals surface area contributed by atoms with E-state index in [1.54, 1.807) is 0 Å². The highest BCUT2D eigenvalue weighted by atomic mass is 35.5. The van der Waals surface area contributed by atoms with Gasteiger partial charge in [0.1, 0.15) is 5.15 Å². The maximum absolute atomic E-state index is 13.3. The first kappa shape index (κ1) is 14.3. The molecule has 0 unspecified atom stereocenters. The molecule has 0 saturated carbocycles. The molecule has 3 rings (SSSR count). The van der Waals surface area contributed by atoms with Crippen molar-refractivity contribution in [2.75, 3.05) is 0 Å². The van der Waals surface area contributed by atoms with Gasteiger partial charge in [0.05, 0.1) is 0 Å². The second kappa shape index (κ2) is 5.64. The summed E-state index contributed by atoms with van der Waals surface area (Å²) < 4.78 is 39.7. The van der Waals surface area contributed by atoms with Crippen molar-refractivity contribution in [3.05, 3.63) is 46.0 Å². The van der Waals surface area contributed by atoms with Crippen LogP contribution in [0.2, 0.25) is 5.15 Å². The van der Waals surface area contributed by atoms with E-state index in [1.807, 2.05) is 0 Å². The van der Waals surface area contributed by atoms with Gasteiger partial charge in [-0.3, -0.25) is 0 Å². The van der Waals surface area contributed by atoms with Gasteiger partial charge in [-0.25, -0.2) is 23.1 Å². The summed E-state index contributed by atoms with van der Waals surface area (Å²) >= 11 is 6.17. The quantitative estimate of drug-likeness (QED) is 0.441. The van der Waals surface area contributed by atoms with Crippen LogP contribution in [0, 0.1) is 17.5 Å². The first-order valence-corrected chi connectivity index (χ1v) is 7.14. The Hall–Kier alpha value is -1.62. The van der Waals surface area contributed by atoms with Gasteiger partial charge in [-0.2, -0.15) is 0 Å². The summed E-state index contributed by atoms with van der Waals surface area (Å²) in [5.41, 5.74) is 1.80. The van der Waals surface area contributed by atoms with Crippen LogP contribution in [0.1, 0.15) is 30.5 Å². The molecule has 110 valence electrons. The molecule has 0 atom stereocenters. The molecule has 0 aliphatic heterocycles. The summed E-state index contributed by atoms with van der Waals surface area (Å²) in [7, 11) is 0. The third-order valence-electron chi connectivity index (χ3n) is 3.62. The van der Waals surface area contributed by atoms with E-state index in [2.05, 4.69) is 9.97 Å². The Bertz CT molecular complexity index is 681. The lowest BCUT2D eigenvalue weighted by molar-refractivity contribution is 0.447. The Morgan fingerprint density at radius 3 is 2.29 bits per heavy atom. The molecule has 2 nitrogen and oxygen atoms in total. The van der Waals surface area contributed by atoms with Gasteiger partial charge in [-0.15, -0.1) is 0 Å². The van der Waals surface area contributed by atoms with Crippen molar-refractivity contribution >= 4 is 11.6 Å². The fourth-order valence-electron chi connectivity index (χ4n) is 2.54. The Kier molecular flexibility index (Phi) is 3.85. The van der Waals surface area contributed by atoms with E-state index >= 15 is 0 Å². The first-order valence-electron chi connectivity index (χ1n) is 6.76. The Balaban J connectivity index is 2.11. The minimum atomic E-state index is -1.50. The predicted molar refractivity (Wildman–Crippen MR) is 73.6 cm³/mol. The van der Waals surface area contributed by atoms with Crippen LogP contribution >= 0.6 is 11.6 Å². The summed E-state index contributed by atoms with van der Waals surface area (Å²) in [5.74, 6) is -3.91. The van der Waals surface area contributed by atoms with Gasteiger partial charge < -0.3 is 0 Å². The highest BCUT2D eigenvalue weighted by Crippen LogP contribution is 2.28. The Labute approximate surface area is 125 Å². The number of aromatic nitrogens is 2. The van der Waals surface area contributed by atoms with Crippen LogP contribution in [0.5, 0.6) is 0 Å². The third-order valence-corrected chi connectivity index (χ3v) is 3.94. The molecule has 2 aromatic rings. The lowest BCUT2D eigenvalue weighted by Gasteiger charge is -2.10. The Morgan fingerprint density at radius 1 is 0.905 bits per heavy atom. The topological polar surface area (TPSA) is 25.8 Å². The predicted octanol–water partition coefficient (Wildman–Crippen LogP) is 4.48. The van der Waals surface area contributed by atoms with E-state index in [0.29, 0.717) is 5.15 Å². The molecule has 1 heterocycles. The van der Waals surface area contributed by atoms with E-state index in [0.717, 1.165) is 55.5 Å². The van der Waals surface area contributed by atoms with E-state index in [1.165, 1.54) is 0 Å². The molecular weight excluding hydrogens is 301 g/mol. The maximum atomic E-state index is 13.3. The van der Waals surface area contributed by atoms with Crippen LogP contribution in [-0.2, 0) is 12.8 Å². The van der Waals surface area contributed by atoms with Crippen LogP contribution in [0.4, 0.5) is 13.2 Å². The molecule has 1 aromatic heterocycles. The molecule has 0 radical (unpaired) electrons. The van der Waals surface area contributed by atoms with Crippen molar-refractivity contribution in [3.8, 4) is 11.4 Å². The number of rotatable bonds is 1. The molecule has 1 aliphatic carbocycles. The van der Waals surface area contributed by atoms with Gasteiger partial charge in [0.15, 0.2) is 23.3 Å². The molecule has 0 N–H and O–H groups in total. The van der Waals surface area contributed by atoms with Crippen LogP contribution in [-0.4, -0.2) is 9.97 Å². The van der Waals surface area contributed by atoms with Gasteiger partial charge in [0.25, 0.3) is 0 Å². The molecule has 6 heteroatoms. The number of hydrogen-bond acceptors (Lipinski definition) is 2. The number of halogens is 4. The van der Waals surface area contributed by atoms with Gasteiger partial charge in [-0.05, 0) is 37.8 Å². The lowest BCUT2D eigenvalue weighted by Crippen LogP contribution is -2.03. The normalized spacial score (nSPS) is 14.7. The largest absolute Gasteiger partial charge is 0.233 e. The third kappa shape index (κ3) is 2.75. The van der Waals surface area contributed by atoms with E-state index < -0.39 is 17.5 Å². The number of aryl methyl sites for hydroxylation is 1. The minimum Gasteiger partial charge on any atom is -0.233 e. The van der Waals surface area contributed by atoms with Crippen LogP contribution in [0.3, 0.4) is 0 Å². The SMILES string of the molecule is Fc1cc(-c2nc(Cl)c3c(n2)CCCCC3)cc(F)c1F. The summed E-state index contributed by atoms with van der Waals surface area (Å²) in [4.78, 5) is 8.47. The average molecular weight is 313 g/mol. The highest BCUT2D eigenvalue weighted by molar-refractivity contribution is 6.30. The molecular formula is C15H12ClF3N2. The monoisotopic (exact) mass is 312 g/mol. The molecule has 0 bridgehead atoms. The number of nitrogens with zero attached hydrogens (tertiary/aromatic N) is 2. The van der Waals surface area contributed by atoms with E-state index in [-0.39, 0.29) is 11.4 Å². The minimum absolute atomic E-state index is 0.0837. The summed E-state index contributed by atoms with van der Waals surface area (Å²) in [6.45, 7) is 0. The van der Waals surface area contributed by atoms with E-state index in [4.69, 9.17) is 11.6 Å². The zero-order valence-electron chi connectivity index (χ0n) is 11.1. The molecule has 0 amide bonds. The van der Waals surface area contributed by atoms with Crippen LogP contribution in [0.25, 0.3) is 11.4 Å². The van der Waals surface area contributed by atoms with Crippen LogP contribution in [0.15, 0.2) is 12.1 Å². The molecule has 0 fully saturated rings. The summed E-state index contributed by atoms with van der Waals surface area (Å²) in [5, 5.41) is 0.307. The van der Waals surface area contributed by atoms with Crippen molar-refractivity contribution in [2.45, 2.75) is 32.1 Å². The molecule has 21 heavy (non-hydrogen) atoms. The average Bonchev–Trinajstić information content (AvgIpc) is 2.69. The van der Waals surface area contributed by atoms with Gasteiger partial charge in [0.2, 0.25) is 0 Å². The second-order valence-electron chi connectivity index (χ2n) is 5.08. The Morgan fingerprint density at radius 2 is 1.57 bits per heavy atom. The molecule has 0 saturated heterocycles. The van der Waals surface area contributed by atoms with Gasteiger partial charge in [-0.1, -0.05) is 18.0 Å². The summed E-state index contributed by atoms with van der Waals surface area (Å²) in [6.07, 6.45) is 4.67. The lowest BCUT2D eigenvalue weighted by atomic mass is 10.1. The number of benzene rings is 1. The van der Waals surface area contributed by atoms with Crippen molar-refractivity contribution < 1.29 is 13.2 Å². The fraction of sp³-hybridized carbons (Fsp3) is 0.333. The van der Waals surface area contributed by atoms with Crippen molar-refractivity contribution in [1.82, 2.24) is 9.97 Å². The first-order chi connectivity index (χ1) is 10.1. The second-order valence-corrected chi connectivity index (χ2v) is 5.44. The highest BCUT2D eigenvalue weighted by Gasteiger charge is 2.18. The summed E-state index contributed by atoms with van der Waals surface area (Å²) in [6, 6.07) is 1.76. The zero-order valence-corrected chi connectivity index (χ0v) is 11.9. The van der Waals surface area contributed by atoms with Crippen LogP contribution < -0.4 is 0 Å². The van der Waals surface area contributed by atoms with Gasteiger partial charge in [0, 0.05) is 16.8 Å². The van der Waals surface area contributed by atoms with Gasteiger partial charge >= 0.3 is 0 Å². The molecule has 0 spiro atoms. The van der Waals surface area contributed by atoms with E-state index in [9.17, 15) is 13.2 Å². The van der Waals surface area contributed by atoms with Crippen molar-refractivity contribution in [2.24, 2.45) is 0 Å². The maximum Gasteiger partial charge on any atom is 0.194 e. The molecule has 1 aromatic carbocycles. The zero-order chi connectivity index (χ0) is 15.0. The molecule has 1 aliphatic rings. The standard InChI is InChI=1S/C15H12ClF3N2/c16-14-9-4-2-1-3-5-12(9)20-15(21-14)8-6-10(17)13(19)11(18)7-8/h6-7H,1-5H2. The number of hydrogen-bond donors (Lipinski definition) is 0.